The molecule has 0 aliphatic heterocycles. The van der Waals surface area contributed by atoms with Gasteiger partial charge in [0.1, 0.15) is 5.82 Å². The van der Waals surface area contributed by atoms with Crippen molar-refractivity contribution in [3.63, 3.8) is 0 Å². The number of hydrogen-bond acceptors (Lipinski definition) is 1. The average Bonchev–Trinajstić information content (AvgIpc) is 2.76. The lowest BCUT2D eigenvalue weighted by atomic mass is 10.0. The summed E-state index contributed by atoms with van der Waals surface area (Å²) < 4.78 is 13.4. The molecule has 0 unspecified atom stereocenters. The Balaban J connectivity index is 2.25. The van der Waals surface area contributed by atoms with E-state index in [0.29, 0.717) is 5.56 Å². The number of halogens is 2. The van der Waals surface area contributed by atoms with Crippen LogP contribution in [0.2, 0.25) is 5.02 Å². The second-order valence-electron chi connectivity index (χ2n) is 3.40. The minimum Gasteiger partial charge on any atom is -0.367 e. The predicted octanol–water partition coefficient (Wildman–Crippen LogP) is 3.23. The van der Waals surface area contributed by atoms with Gasteiger partial charge in [-0.15, -0.1) is 0 Å². The average molecular weight is 238 g/mol. The molecule has 0 spiro atoms. The van der Waals surface area contributed by atoms with Crippen LogP contribution in [0.1, 0.15) is 15.9 Å². The van der Waals surface area contributed by atoms with Crippen LogP contribution in [-0.4, -0.2) is 10.8 Å². The van der Waals surface area contributed by atoms with E-state index < -0.39 is 5.82 Å². The van der Waals surface area contributed by atoms with Crippen LogP contribution < -0.4 is 0 Å². The van der Waals surface area contributed by atoms with Crippen LogP contribution >= 0.6 is 11.6 Å². The van der Waals surface area contributed by atoms with Crippen LogP contribution in [0.4, 0.5) is 4.39 Å². The minimum atomic E-state index is -0.448. The fourth-order valence-electron chi connectivity index (χ4n) is 1.46. The largest absolute Gasteiger partial charge is 0.367 e. The molecule has 0 aliphatic carbocycles. The van der Waals surface area contributed by atoms with Crippen molar-refractivity contribution >= 4 is 17.4 Å². The Kier molecular flexibility index (Phi) is 3.06. The molecule has 1 aromatic heterocycles. The maximum absolute atomic E-state index is 13.4. The number of hydrogen-bond donors (Lipinski definition) is 1. The van der Waals surface area contributed by atoms with Crippen LogP contribution in [0.3, 0.4) is 0 Å². The number of ketones is 1. The molecule has 0 atom stereocenters. The second kappa shape index (κ2) is 4.49. The molecule has 0 amide bonds. The topological polar surface area (TPSA) is 32.9 Å². The van der Waals surface area contributed by atoms with Crippen molar-refractivity contribution in [3.05, 3.63) is 58.6 Å². The Labute approximate surface area is 97.1 Å². The molecule has 82 valence electrons. The first-order valence-corrected chi connectivity index (χ1v) is 5.15. The monoisotopic (exact) mass is 237 g/mol. The standard InChI is InChI=1S/C12H9ClFNO/c13-10-2-1-3-11(14)9(10)6-12(16)8-4-5-15-7-8/h1-5,7,15H,6H2. The number of aromatic amines is 1. The molecular weight excluding hydrogens is 229 g/mol. The van der Waals surface area contributed by atoms with E-state index in [0.717, 1.165) is 0 Å². The van der Waals surface area contributed by atoms with Crippen molar-refractivity contribution in [1.82, 2.24) is 4.98 Å². The molecule has 0 aliphatic rings. The van der Waals surface area contributed by atoms with Crippen LogP contribution in [-0.2, 0) is 6.42 Å². The normalized spacial score (nSPS) is 10.4. The smallest absolute Gasteiger partial charge is 0.168 e. The van der Waals surface area contributed by atoms with Crippen molar-refractivity contribution in [2.24, 2.45) is 0 Å². The Bertz CT molecular complexity index is 487. The first kappa shape index (κ1) is 10.9. The van der Waals surface area contributed by atoms with Gasteiger partial charge in [0.2, 0.25) is 0 Å². The summed E-state index contributed by atoms with van der Waals surface area (Å²) in [5, 5.41) is 0.281. The third-order valence-corrected chi connectivity index (χ3v) is 2.67. The van der Waals surface area contributed by atoms with Gasteiger partial charge in [0.25, 0.3) is 0 Å². The Morgan fingerprint density at radius 2 is 2.19 bits per heavy atom. The minimum absolute atomic E-state index is 0.0244. The number of carbonyl (C=O) groups is 1. The summed E-state index contributed by atoms with van der Waals surface area (Å²) in [6.45, 7) is 0. The molecule has 2 nitrogen and oxygen atoms in total. The van der Waals surface area contributed by atoms with Gasteiger partial charge in [-0.25, -0.2) is 4.39 Å². The molecule has 1 aromatic carbocycles. The van der Waals surface area contributed by atoms with Crippen LogP contribution in [0.25, 0.3) is 0 Å². The molecule has 1 N–H and O–H groups in total. The Hall–Kier alpha value is -1.61. The molecule has 0 radical (unpaired) electrons. The van der Waals surface area contributed by atoms with E-state index in [1.54, 1.807) is 24.5 Å². The molecule has 0 fully saturated rings. The first-order valence-electron chi connectivity index (χ1n) is 4.77. The highest BCUT2D eigenvalue weighted by Crippen LogP contribution is 2.20. The number of carbonyl (C=O) groups excluding carboxylic acids is 1. The van der Waals surface area contributed by atoms with Gasteiger partial charge in [-0.1, -0.05) is 17.7 Å². The fourth-order valence-corrected chi connectivity index (χ4v) is 1.69. The number of aromatic nitrogens is 1. The van der Waals surface area contributed by atoms with Gasteiger partial charge in [0.15, 0.2) is 5.78 Å². The SMILES string of the molecule is O=C(Cc1c(F)cccc1Cl)c1cc[nH]c1. The molecular formula is C12H9ClFNO. The molecule has 4 heteroatoms. The quantitative estimate of drug-likeness (QED) is 0.817. The van der Waals surface area contributed by atoms with Gasteiger partial charge in [-0.05, 0) is 18.2 Å². The van der Waals surface area contributed by atoms with E-state index in [1.165, 1.54) is 12.1 Å². The van der Waals surface area contributed by atoms with Crippen LogP contribution in [0, 0.1) is 5.82 Å². The third-order valence-electron chi connectivity index (χ3n) is 2.32. The van der Waals surface area contributed by atoms with Crippen molar-refractivity contribution in [1.29, 1.82) is 0 Å². The summed E-state index contributed by atoms with van der Waals surface area (Å²) in [6.07, 6.45) is 3.20. The lowest BCUT2D eigenvalue weighted by Gasteiger charge is -2.03. The fraction of sp³-hybridized carbons (Fsp3) is 0.0833. The van der Waals surface area contributed by atoms with Gasteiger partial charge < -0.3 is 4.98 Å². The number of benzene rings is 1. The first-order chi connectivity index (χ1) is 7.68. The molecule has 0 saturated carbocycles. The molecule has 0 saturated heterocycles. The number of rotatable bonds is 3. The maximum atomic E-state index is 13.4. The third kappa shape index (κ3) is 2.14. The highest BCUT2D eigenvalue weighted by Gasteiger charge is 2.13. The number of H-pyrrole nitrogens is 1. The van der Waals surface area contributed by atoms with E-state index in [4.69, 9.17) is 11.6 Å². The van der Waals surface area contributed by atoms with E-state index in [1.807, 2.05) is 0 Å². The molecule has 16 heavy (non-hydrogen) atoms. The van der Waals surface area contributed by atoms with Crippen LogP contribution in [0.5, 0.6) is 0 Å². The van der Waals surface area contributed by atoms with Crippen molar-refractivity contribution in [2.75, 3.05) is 0 Å². The molecule has 2 aromatic rings. The highest BCUT2D eigenvalue weighted by atomic mass is 35.5. The number of nitrogens with one attached hydrogen (secondary N) is 1. The summed E-state index contributed by atoms with van der Waals surface area (Å²) >= 11 is 5.83. The molecule has 2 rings (SSSR count). The van der Waals surface area contributed by atoms with Gasteiger partial charge in [-0.3, -0.25) is 4.79 Å². The van der Waals surface area contributed by atoms with E-state index in [9.17, 15) is 9.18 Å². The summed E-state index contributed by atoms with van der Waals surface area (Å²) in [5.41, 5.74) is 0.773. The van der Waals surface area contributed by atoms with E-state index >= 15 is 0 Å². The van der Waals surface area contributed by atoms with Crippen molar-refractivity contribution < 1.29 is 9.18 Å². The second-order valence-corrected chi connectivity index (χ2v) is 3.81. The van der Waals surface area contributed by atoms with Gasteiger partial charge in [0.05, 0.1) is 0 Å². The highest BCUT2D eigenvalue weighted by molar-refractivity contribution is 6.31. The summed E-state index contributed by atoms with van der Waals surface area (Å²) in [5.74, 6) is -0.607. The molecule has 0 bridgehead atoms. The number of Topliss-reactive ketones (excluding diaryl/α,β-unsaturated/α-hetero) is 1. The molecule has 1 heterocycles. The summed E-state index contributed by atoms with van der Waals surface area (Å²) in [6, 6.07) is 6.04. The lowest BCUT2D eigenvalue weighted by molar-refractivity contribution is 0.0992. The lowest BCUT2D eigenvalue weighted by Crippen LogP contribution is -2.04. The van der Waals surface area contributed by atoms with Crippen LogP contribution in [0.15, 0.2) is 36.7 Å². The Morgan fingerprint density at radius 1 is 1.38 bits per heavy atom. The zero-order chi connectivity index (χ0) is 11.5. The Morgan fingerprint density at radius 3 is 2.81 bits per heavy atom. The van der Waals surface area contributed by atoms with E-state index in [2.05, 4.69) is 4.98 Å². The van der Waals surface area contributed by atoms with E-state index in [-0.39, 0.29) is 22.8 Å². The maximum Gasteiger partial charge on any atom is 0.168 e. The zero-order valence-electron chi connectivity index (χ0n) is 8.34. The van der Waals surface area contributed by atoms with Gasteiger partial charge >= 0.3 is 0 Å². The zero-order valence-corrected chi connectivity index (χ0v) is 9.09. The van der Waals surface area contributed by atoms with Crippen molar-refractivity contribution in [2.45, 2.75) is 6.42 Å². The van der Waals surface area contributed by atoms with Gasteiger partial charge in [0, 0.05) is 35.0 Å². The summed E-state index contributed by atoms with van der Waals surface area (Å²) in [4.78, 5) is 14.5. The van der Waals surface area contributed by atoms with Crippen molar-refractivity contribution in [3.8, 4) is 0 Å². The van der Waals surface area contributed by atoms with Gasteiger partial charge in [-0.2, -0.15) is 0 Å². The predicted molar refractivity (Wildman–Crippen MR) is 60.2 cm³/mol. The summed E-state index contributed by atoms with van der Waals surface area (Å²) in [7, 11) is 0.